The molecular weight excluding hydrogens is 390 g/mol. The molecule has 0 aliphatic carbocycles. The van der Waals surface area contributed by atoms with Crippen molar-refractivity contribution < 1.29 is 4.74 Å². The van der Waals surface area contributed by atoms with Crippen molar-refractivity contribution in [3.05, 3.63) is 67.4 Å². The predicted molar refractivity (Wildman–Crippen MR) is 121 cm³/mol. The molecule has 0 atom stereocenters. The van der Waals surface area contributed by atoms with E-state index in [-0.39, 0.29) is 0 Å². The van der Waals surface area contributed by atoms with Gasteiger partial charge in [0, 0.05) is 48.6 Å². The Kier molecular flexibility index (Phi) is 4.28. The van der Waals surface area contributed by atoms with Gasteiger partial charge in [0.15, 0.2) is 11.5 Å². The first-order chi connectivity index (χ1) is 15.3. The van der Waals surface area contributed by atoms with Crippen LogP contribution in [-0.2, 0) is 4.74 Å². The van der Waals surface area contributed by atoms with Crippen LogP contribution in [0.15, 0.2) is 67.4 Å². The summed E-state index contributed by atoms with van der Waals surface area (Å²) in [6.07, 6.45) is 7.41. The maximum absolute atomic E-state index is 5.45. The molecule has 0 amide bonds. The van der Waals surface area contributed by atoms with Crippen LogP contribution in [0.4, 0.5) is 17.2 Å². The van der Waals surface area contributed by atoms with E-state index in [0.717, 1.165) is 59.9 Å². The van der Waals surface area contributed by atoms with Crippen LogP contribution in [0, 0.1) is 0 Å². The fourth-order valence-electron chi connectivity index (χ4n) is 3.96. The molecule has 0 unspecified atom stereocenters. The minimum atomic E-state index is 0.714. The monoisotopic (exact) mass is 411 g/mol. The highest BCUT2D eigenvalue weighted by atomic mass is 16.5. The van der Waals surface area contributed by atoms with E-state index >= 15 is 0 Å². The van der Waals surface area contributed by atoms with Gasteiger partial charge in [-0.15, -0.1) is 0 Å². The molecule has 1 aliphatic heterocycles. The predicted octanol–water partition coefficient (Wildman–Crippen LogP) is 3.85. The number of aromatic amines is 1. The van der Waals surface area contributed by atoms with Gasteiger partial charge in [-0.05, 0) is 36.4 Å². The quantitative estimate of drug-likeness (QED) is 0.467. The molecule has 1 aliphatic rings. The molecule has 0 radical (unpaired) electrons. The van der Waals surface area contributed by atoms with Crippen LogP contribution < -0.4 is 10.2 Å². The van der Waals surface area contributed by atoms with Crippen LogP contribution in [-0.4, -0.2) is 50.6 Å². The van der Waals surface area contributed by atoms with Gasteiger partial charge in [-0.2, -0.15) is 0 Å². The van der Waals surface area contributed by atoms with Crippen LogP contribution >= 0.6 is 0 Å². The molecule has 1 saturated heterocycles. The SMILES string of the molecule is c1cn2cc(-c3ccc4nc[nH]c4c3)nc(Nc3ccc(N4CCOCC4)cc3)c2n1. The van der Waals surface area contributed by atoms with Crippen LogP contribution in [0.25, 0.3) is 27.9 Å². The Morgan fingerprint density at radius 2 is 1.87 bits per heavy atom. The van der Waals surface area contributed by atoms with E-state index in [2.05, 4.69) is 55.5 Å². The smallest absolute Gasteiger partial charge is 0.180 e. The van der Waals surface area contributed by atoms with Crippen LogP contribution in [0.1, 0.15) is 0 Å². The summed E-state index contributed by atoms with van der Waals surface area (Å²) in [6.45, 7) is 3.40. The standard InChI is InChI=1S/C23H21N7O/c1-6-19-20(26-15-25-19)13-16(1)21-14-30-8-7-24-23(30)22(28-21)27-17-2-4-18(5-3-17)29-9-11-31-12-10-29/h1-8,13-15H,9-12H2,(H,25,26)(H,27,28). The number of H-pyrrole nitrogens is 1. The Morgan fingerprint density at radius 3 is 2.74 bits per heavy atom. The van der Waals surface area contributed by atoms with Crippen molar-refractivity contribution in [2.24, 2.45) is 0 Å². The highest BCUT2D eigenvalue weighted by Gasteiger charge is 2.13. The van der Waals surface area contributed by atoms with E-state index in [1.165, 1.54) is 5.69 Å². The van der Waals surface area contributed by atoms with E-state index in [0.29, 0.717) is 5.82 Å². The van der Waals surface area contributed by atoms with Gasteiger partial charge >= 0.3 is 0 Å². The molecule has 3 aromatic heterocycles. The summed E-state index contributed by atoms with van der Waals surface area (Å²) in [5.74, 6) is 0.714. The molecule has 8 nitrogen and oxygen atoms in total. The third kappa shape index (κ3) is 3.36. The average molecular weight is 411 g/mol. The zero-order chi connectivity index (χ0) is 20.6. The van der Waals surface area contributed by atoms with Crippen molar-refractivity contribution in [3.63, 3.8) is 0 Å². The number of rotatable bonds is 4. The molecule has 8 heteroatoms. The number of aromatic nitrogens is 5. The number of nitrogens with one attached hydrogen (secondary N) is 2. The Bertz CT molecular complexity index is 1350. The molecule has 154 valence electrons. The summed E-state index contributed by atoms with van der Waals surface area (Å²) in [5, 5.41) is 3.45. The Morgan fingerprint density at radius 1 is 1.00 bits per heavy atom. The fraction of sp³-hybridized carbons (Fsp3) is 0.174. The van der Waals surface area contributed by atoms with Crippen molar-refractivity contribution in [2.45, 2.75) is 0 Å². The summed E-state index contributed by atoms with van der Waals surface area (Å²) in [7, 11) is 0. The third-order valence-corrected chi connectivity index (χ3v) is 5.60. The van der Waals surface area contributed by atoms with Gasteiger partial charge in [0.2, 0.25) is 0 Å². The average Bonchev–Trinajstić information content (AvgIpc) is 3.49. The molecule has 5 aromatic rings. The van der Waals surface area contributed by atoms with Gasteiger partial charge in [-0.1, -0.05) is 6.07 Å². The Labute approximate surface area is 178 Å². The van der Waals surface area contributed by atoms with Crippen molar-refractivity contribution >= 4 is 33.9 Å². The molecular formula is C23H21N7O. The summed E-state index contributed by atoms with van der Waals surface area (Å²) >= 11 is 0. The molecule has 0 saturated carbocycles. The van der Waals surface area contributed by atoms with Crippen molar-refractivity contribution in [2.75, 3.05) is 36.5 Å². The normalized spacial score (nSPS) is 14.4. The molecule has 0 bridgehead atoms. The molecule has 2 N–H and O–H groups in total. The number of fused-ring (bicyclic) bond motifs is 2. The lowest BCUT2D eigenvalue weighted by molar-refractivity contribution is 0.122. The van der Waals surface area contributed by atoms with E-state index in [9.17, 15) is 0 Å². The van der Waals surface area contributed by atoms with E-state index in [1.54, 1.807) is 12.5 Å². The maximum Gasteiger partial charge on any atom is 0.180 e. The molecule has 1 fully saturated rings. The second-order valence-corrected chi connectivity index (χ2v) is 7.54. The molecule has 31 heavy (non-hydrogen) atoms. The number of imidazole rings is 2. The topological polar surface area (TPSA) is 83.4 Å². The first-order valence-corrected chi connectivity index (χ1v) is 10.3. The second-order valence-electron chi connectivity index (χ2n) is 7.54. The highest BCUT2D eigenvalue weighted by molar-refractivity contribution is 5.82. The van der Waals surface area contributed by atoms with E-state index in [1.807, 2.05) is 28.9 Å². The number of hydrogen-bond acceptors (Lipinski definition) is 6. The summed E-state index contributed by atoms with van der Waals surface area (Å²) in [5.41, 5.74) is 6.74. The molecule has 6 rings (SSSR count). The lowest BCUT2D eigenvalue weighted by Crippen LogP contribution is -2.36. The Balaban J connectivity index is 1.33. The zero-order valence-electron chi connectivity index (χ0n) is 16.8. The van der Waals surface area contributed by atoms with Gasteiger partial charge in [0.1, 0.15) is 0 Å². The van der Waals surface area contributed by atoms with Gasteiger partial charge < -0.3 is 24.3 Å². The summed E-state index contributed by atoms with van der Waals surface area (Å²) < 4.78 is 7.44. The lowest BCUT2D eigenvalue weighted by Gasteiger charge is -2.28. The Hall–Kier alpha value is -3.91. The van der Waals surface area contributed by atoms with Crippen molar-refractivity contribution in [1.82, 2.24) is 24.3 Å². The minimum absolute atomic E-state index is 0.714. The first-order valence-electron chi connectivity index (χ1n) is 10.3. The second kappa shape index (κ2) is 7.41. The number of hydrogen-bond donors (Lipinski definition) is 2. The summed E-state index contributed by atoms with van der Waals surface area (Å²) in [4.78, 5) is 19.2. The van der Waals surface area contributed by atoms with Gasteiger partial charge in [0.05, 0.1) is 36.3 Å². The minimum Gasteiger partial charge on any atom is -0.378 e. The maximum atomic E-state index is 5.45. The largest absolute Gasteiger partial charge is 0.378 e. The highest BCUT2D eigenvalue weighted by Crippen LogP contribution is 2.27. The number of anilines is 3. The van der Waals surface area contributed by atoms with Gasteiger partial charge in [-0.3, -0.25) is 0 Å². The zero-order valence-corrected chi connectivity index (χ0v) is 16.8. The van der Waals surface area contributed by atoms with Crippen molar-refractivity contribution in [3.8, 4) is 11.3 Å². The van der Waals surface area contributed by atoms with Crippen molar-refractivity contribution in [1.29, 1.82) is 0 Å². The molecule has 4 heterocycles. The van der Waals surface area contributed by atoms with Crippen LogP contribution in [0.2, 0.25) is 0 Å². The lowest BCUT2D eigenvalue weighted by atomic mass is 10.1. The molecule has 0 spiro atoms. The number of ether oxygens (including phenoxy) is 1. The van der Waals surface area contributed by atoms with Crippen LogP contribution in [0.5, 0.6) is 0 Å². The third-order valence-electron chi connectivity index (χ3n) is 5.60. The molecule has 2 aromatic carbocycles. The van der Waals surface area contributed by atoms with Gasteiger partial charge in [0.25, 0.3) is 0 Å². The van der Waals surface area contributed by atoms with Gasteiger partial charge in [-0.25, -0.2) is 15.0 Å². The van der Waals surface area contributed by atoms with E-state index in [4.69, 9.17) is 9.72 Å². The summed E-state index contributed by atoms with van der Waals surface area (Å²) in [6, 6.07) is 14.5. The van der Waals surface area contributed by atoms with E-state index < -0.39 is 0 Å². The fourth-order valence-corrected chi connectivity index (χ4v) is 3.96. The first kappa shape index (κ1) is 17.9. The van der Waals surface area contributed by atoms with Crippen LogP contribution in [0.3, 0.4) is 0 Å². The number of benzene rings is 2. The number of nitrogens with zero attached hydrogens (tertiary/aromatic N) is 5. The number of morpholine rings is 1.